The van der Waals surface area contributed by atoms with Crippen molar-refractivity contribution in [3.8, 4) is 0 Å². The number of hydrogen-bond donors (Lipinski definition) is 2. The molecule has 0 radical (unpaired) electrons. The largest absolute Gasteiger partial charge is 0.351 e. The van der Waals surface area contributed by atoms with E-state index in [9.17, 15) is 4.79 Å². The van der Waals surface area contributed by atoms with Crippen LogP contribution in [-0.2, 0) is 6.42 Å². The predicted octanol–water partition coefficient (Wildman–Crippen LogP) is 6.39. The Bertz CT molecular complexity index is 636. The van der Waals surface area contributed by atoms with Gasteiger partial charge in [-0.15, -0.1) is 0 Å². The molecule has 2 N–H and O–H groups in total. The Morgan fingerprint density at radius 1 is 1.17 bits per heavy atom. The lowest BCUT2D eigenvalue weighted by Gasteiger charge is -2.45. The molecule has 29 heavy (non-hydrogen) atoms. The van der Waals surface area contributed by atoms with Crippen LogP contribution in [0.2, 0.25) is 5.02 Å². The van der Waals surface area contributed by atoms with Crippen molar-refractivity contribution in [1.29, 1.82) is 0 Å². The number of fused-ring (bicyclic) bond motifs is 2. The number of carbonyl (C=O) groups excluding carboxylic acids is 1. The molecule has 3 rings (SSSR count). The van der Waals surface area contributed by atoms with Crippen molar-refractivity contribution in [3.05, 3.63) is 34.3 Å². The maximum absolute atomic E-state index is 12.9. The molecule has 2 saturated carbocycles. The lowest BCUT2D eigenvalue weighted by Crippen LogP contribution is -2.43. The average Bonchev–Trinajstić information content (AvgIpc) is 2.70. The minimum atomic E-state index is -0.00464. The van der Waals surface area contributed by atoms with Gasteiger partial charge in [0.15, 0.2) is 0 Å². The van der Waals surface area contributed by atoms with E-state index in [2.05, 4.69) is 23.6 Å². The third kappa shape index (κ3) is 7.00. The summed E-state index contributed by atoms with van der Waals surface area (Å²) in [6.07, 6.45) is 13.8. The third-order valence-electron chi connectivity index (χ3n) is 6.79. The molecule has 0 heterocycles. The first kappa shape index (κ1) is 24.2. The van der Waals surface area contributed by atoms with Crippen LogP contribution in [0.5, 0.6) is 0 Å². The van der Waals surface area contributed by atoms with E-state index in [0.29, 0.717) is 16.0 Å². The second-order valence-corrected chi connectivity index (χ2v) is 9.47. The maximum Gasteiger partial charge on any atom is 0.252 e. The highest BCUT2D eigenvalue weighted by Gasteiger charge is 2.39. The monoisotopic (exact) mass is 420 g/mol. The number of carbonyl (C=O) groups is 1. The minimum Gasteiger partial charge on any atom is -0.351 e. The zero-order valence-corrected chi connectivity index (χ0v) is 18.3. The zero-order chi connectivity index (χ0) is 19.8. The molecular weight excluding hydrogens is 380 g/mol. The van der Waals surface area contributed by atoms with Gasteiger partial charge in [0.05, 0.1) is 10.6 Å². The van der Waals surface area contributed by atoms with E-state index in [1.807, 2.05) is 12.1 Å². The summed E-state index contributed by atoms with van der Waals surface area (Å²) in [4.78, 5) is 12.9. The van der Waals surface area contributed by atoms with Crippen molar-refractivity contribution in [2.75, 3.05) is 19.6 Å². The number of nitrogens with one attached hydrogen (secondary N) is 2. The first-order valence-electron chi connectivity index (χ1n) is 11.4. The zero-order valence-electron chi connectivity index (χ0n) is 17.5. The Morgan fingerprint density at radius 2 is 1.90 bits per heavy atom. The molecule has 0 aromatic heterocycles. The van der Waals surface area contributed by atoms with Crippen molar-refractivity contribution in [1.82, 2.24) is 10.6 Å². The van der Waals surface area contributed by atoms with Crippen molar-refractivity contribution in [2.24, 2.45) is 11.3 Å². The average molecular weight is 421 g/mol. The molecule has 2 aliphatic carbocycles. The molecule has 1 aromatic rings. The van der Waals surface area contributed by atoms with Crippen molar-refractivity contribution in [2.45, 2.75) is 85.0 Å². The van der Waals surface area contributed by atoms with Crippen LogP contribution in [0.15, 0.2) is 18.2 Å². The summed E-state index contributed by atoms with van der Waals surface area (Å²) in [7, 11) is 0. The van der Waals surface area contributed by atoms with Crippen LogP contribution < -0.4 is 10.6 Å². The Balaban J connectivity index is 0.00000300. The number of halogens is 1. The van der Waals surface area contributed by atoms with Crippen LogP contribution in [0.4, 0.5) is 0 Å². The van der Waals surface area contributed by atoms with Gasteiger partial charge in [0.2, 0.25) is 0 Å². The van der Waals surface area contributed by atoms with Crippen LogP contribution in [0.25, 0.3) is 0 Å². The van der Waals surface area contributed by atoms with Crippen LogP contribution in [0.3, 0.4) is 0 Å². The SMILES string of the molecule is C.CCCCNCCCc1ccc(Cl)c(C(=O)NCC23CCCC(CCC2)C3)c1. The summed E-state index contributed by atoms with van der Waals surface area (Å²) in [5, 5.41) is 7.27. The summed E-state index contributed by atoms with van der Waals surface area (Å²) >= 11 is 6.36. The smallest absolute Gasteiger partial charge is 0.252 e. The van der Waals surface area contributed by atoms with Gasteiger partial charge in [-0.1, -0.05) is 64.1 Å². The summed E-state index contributed by atoms with van der Waals surface area (Å²) in [5.74, 6) is 0.882. The molecule has 0 atom stereocenters. The lowest BCUT2D eigenvalue weighted by atomic mass is 9.62. The molecule has 1 amide bonds. The summed E-state index contributed by atoms with van der Waals surface area (Å²) in [6.45, 7) is 5.13. The lowest BCUT2D eigenvalue weighted by molar-refractivity contribution is 0.0682. The summed E-state index contributed by atoms with van der Waals surface area (Å²) in [5.41, 5.74) is 2.17. The van der Waals surface area contributed by atoms with E-state index in [0.717, 1.165) is 38.4 Å². The van der Waals surface area contributed by atoms with Crippen molar-refractivity contribution >= 4 is 17.5 Å². The molecule has 2 fully saturated rings. The Hall–Kier alpha value is -1.06. The molecule has 4 heteroatoms. The van der Waals surface area contributed by atoms with Gasteiger partial charge in [0, 0.05) is 6.54 Å². The number of unbranched alkanes of at least 4 members (excludes halogenated alkanes) is 1. The molecule has 0 saturated heterocycles. The Kier molecular flexibility index (Phi) is 9.98. The van der Waals surface area contributed by atoms with Crippen LogP contribution in [0, 0.1) is 11.3 Å². The first-order valence-corrected chi connectivity index (χ1v) is 11.8. The fraction of sp³-hybridized carbons (Fsp3) is 0.720. The van der Waals surface area contributed by atoms with Crippen molar-refractivity contribution in [3.63, 3.8) is 0 Å². The van der Waals surface area contributed by atoms with E-state index in [4.69, 9.17) is 11.6 Å². The van der Waals surface area contributed by atoms with E-state index in [-0.39, 0.29) is 13.3 Å². The standard InChI is InChI=1S/C24H37ClN2O.CH4/c1-2-3-14-26-15-6-9-19-10-11-22(25)21(16-19)23(28)27-18-24-12-4-7-20(17-24)8-5-13-24;/h10-11,16,20,26H,2-9,12-15,17-18H2,1H3,(H,27,28);1H4. The maximum atomic E-state index is 12.9. The molecule has 0 spiro atoms. The highest BCUT2D eigenvalue weighted by atomic mass is 35.5. The quantitative estimate of drug-likeness (QED) is 0.430. The highest BCUT2D eigenvalue weighted by molar-refractivity contribution is 6.33. The van der Waals surface area contributed by atoms with Gasteiger partial charge >= 0.3 is 0 Å². The number of aryl methyl sites for hydroxylation is 1. The summed E-state index contributed by atoms with van der Waals surface area (Å²) in [6, 6.07) is 5.93. The number of amides is 1. The van der Waals surface area contributed by atoms with Crippen LogP contribution >= 0.6 is 11.6 Å². The second kappa shape index (κ2) is 12.0. The fourth-order valence-electron chi connectivity index (χ4n) is 5.18. The molecule has 2 aliphatic rings. The topological polar surface area (TPSA) is 41.1 Å². The minimum absolute atomic E-state index is 0. The number of hydrogen-bond acceptors (Lipinski definition) is 2. The van der Waals surface area contributed by atoms with E-state index in [1.54, 1.807) is 0 Å². The van der Waals surface area contributed by atoms with Gasteiger partial charge in [-0.05, 0) is 80.6 Å². The van der Waals surface area contributed by atoms with Gasteiger partial charge < -0.3 is 10.6 Å². The van der Waals surface area contributed by atoms with Gasteiger partial charge in [-0.2, -0.15) is 0 Å². The van der Waals surface area contributed by atoms with E-state index >= 15 is 0 Å². The molecular formula is C25H41ClN2O. The van der Waals surface area contributed by atoms with Gasteiger partial charge in [0.25, 0.3) is 5.91 Å². The summed E-state index contributed by atoms with van der Waals surface area (Å²) < 4.78 is 0. The van der Waals surface area contributed by atoms with Crippen LogP contribution in [0.1, 0.15) is 94.5 Å². The second-order valence-electron chi connectivity index (χ2n) is 9.06. The molecule has 164 valence electrons. The number of rotatable bonds is 10. The fourth-order valence-corrected chi connectivity index (χ4v) is 5.38. The van der Waals surface area contributed by atoms with E-state index in [1.165, 1.54) is 63.4 Å². The predicted molar refractivity (Wildman–Crippen MR) is 125 cm³/mol. The van der Waals surface area contributed by atoms with Gasteiger partial charge in [0.1, 0.15) is 0 Å². The first-order chi connectivity index (χ1) is 13.6. The number of benzene rings is 1. The van der Waals surface area contributed by atoms with Crippen molar-refractivity contribution < 1.29 is 4.79 Å². The molecule has 0 aliphatic heterocycles. The van der Waals surface area contributed by atoms with E-state index < -0.39 is 0 Å². The third-order valence-corrected chi connectivity index (χ3v) is 7.12. The van der Waals surface area contributed by atoms with Gasteiger partial charge in [-0.3, -0.25) is 4.79 Å². The molecule has 2 bridgehead atoms. The normalized spacial score (nSPS) is 23.3. The molecule has 1 aromatic carbocycles. The highest BCUT2D eigenvalue weighted by Crippen LogP contribution is 2.48. The van der Waals surface area contributed by atoms with Crippen LogP contribution in [-0.4, -0.2) is 25.5 Å². The molecule has 0 unspecified atom stereocenters. The molecule has 3 nitrogen and oxygen atoms in total. The van der Waals surface area contributed by atoms with Gasteiger partial charge in [-0.25, -0.2) is 0 Å². The Morgan fingerprint density at radius 3 is 2.62 bits per heavy atom. The Labute approximate surface area is 183 Å².